The lowest BCUT2D eigenvalue weighted by Gasteiger charge is -2.56. The van der Waals surface area contributed by atoms with Crippen LogP contribution in [-0.4, -0.2) is 16.1 Å². The molecule has 4 saturated carbocycles. The van der Waals surface area contributed by atoms with Gasteiger partial charge in [-0.15, -0.1) is 0 Å². The maximum absolute atomic E-state index is 10.8. The van der Waals surface area contributed by atoms with Crippen molar-refractivity contribution in [3.63, 3.8) is 0 Å². The summed E-state index contributed by atoms with van der Waals surface area (Å²) in [6.07, 6.45) is 10.3. The molecule has 4 aliphatic rings. The maximum atomic E-state index is 10.8. The third kappa shape index (κ3) is 1.88. The number of aromatic carboxylic acids is 1. The minimum atomic E-state index is -1.02. The lowest BCUT2D eigenvalue weighted by atomic mass is 9.49. The Hall–Kier alpha value is -1.32. The second-order valence-corrected chi connectivity index (χ2v) is 7.02. The van der Waals surface area contributed by atoms with Crippen LogP contribution in [0.15, 0.2) is 10.6 Å². The number of oxazole rings is 1. The van der Waals surface area contributed by atoms with Crippen molar-refractivity contribution in [3.05, 3.63) is 17.8 Å². The molecule has 0 spiro atoms. The van der Waals surface area contributed by atoms with Crippen molar-refractivity contribution in [2.75, 3.05) is 0 Å². The Balaban J connectivity index is 1.57. The van der Waals surface area contributed by atoms with Gasteiger partial charge in [-0.05, 0) is 61.7 Å². The van der Waals surface area contributed by atoms with Gasteiger partial charge in [-0.2, -0.15) is 0 Å². The van der Waals surface area contributed by atoms with E-state index in [1.165, 1.54) is 44.7 Å². The van der Waals surface area contributed by atoms with Crippen molar-refractivity contribution in [1.82, 2.24) is 4.98 Å². The van der Waals surface area contributed by atoms with Crippen LogP contribution >= 0.6 is 0 Å². The predicted octanol–water partition coefficient (Wildman–Crippen LogP) is 3.13. The van der Waals surface area contributed by atoms with Crippen molar-refractivity contribution in [2.24, 2.45) is 23.2 Å². The smallest absolute Gasteiger partial charge is 0.373 e. The standard InChI is InChI=1S/C15H19NO3/c17-14(18)12-8-16-13(19-12)7-15-4-9-1-10(5-15)3-11(2-9)6-15/h8-11H,1-7H2,(H,17,18). The number of carboxylic acids is 1. The van der Waals surface area contributed by atoms with E-state index >= 15 is 0 Å². The SMILES string of the molecule is O=C(O)c1cnc(CC23CC4CC(CC(C4)C2)C3)o1. The normalized spacial score (nSPS) is 39.7. The van der Waals surface area contributed by atoms with Gasteiger partial charge >= 0.3 is 5.97 Å². The van der Waals surface area contributed by atoms with E-state index in [2.05, 4.69) is 4.98 Å². The van der Waals surface area contributed by atoms with Crippen LogP contribution in [0.3, 0.4) is 0 Å². The molecule has 4 nitrogen and oxygen atoms in total. The minimum absolute atomic E-state index is 0.0280. The molecular formula is C15H19NO3. The summed E-state index contributed by atoms with van der Waals surface area (Å²) < 4.78 is 5.37. The molecule has 0 amide bonds. The van der Waals surface area contributed by atoms with Crippen LogP contribution in [0.5, 0.6) is 0 Å². The quantitative estimate of drug-likeness (QED) is 0.908. The average molecular weight is 261 g/mol. The highest BCUT2D eigenvalue weighted by Gasteiger charge is 2.51. The van der Waals surface area contributed by atoms with Gasteiger partial charge in [0.25, 0.3) is 0 Å². The molecule has 0 saturated heterocycles. The van der Waals surface area contributed by atoms with Gasteiger partial charge < -0.3 is 9.52 Å². The fourth-order valence-corrected chi connectivity index (χ4v) is 5.32. The largest absolute Gasteiger partial charge is 0.475 e. The first-order valence-corrected chi connectivity index (χ1v) is 7.30. The zero-order chi connectivity index (χ0) is 13.0. The van der Waals surface area contributed by atoms with Crippen molar-refractivity contribution in [2.45, 2.75) is 44.9 Å². The number of hydrogen-bond donors (Lipinski definition) is 1. The number of nitrogens with zero attached hydrogens (tertiary/aromatic N) is 1. The van der Waals surface area contributed by atoms with Crippen molar-refractivity contribution >= 4 is 5.97 Å². The third-order valence-electron chi connectivity index (χ3n) is 5.46. The van der Waals surface area contributed by atoms with E-state index in [0.717, 1.165) is 24.2 Å². The number of carbonyl (C=O) groups is 1. The Kier molecular flexibility index (Phi) is 2.32. The zero-order valence-corrected chi connectivity index (χ0v) is 11.0. The molecular weight excluding hydrogens is 242 g/mol. The van der Waals surface area contributed by atoms with Gasteiger partial charge in [0.2, 0.25) is 5.76 Å². The zero-order valence-electron chi connectivity index (χ0n) is 11.0. The molecule has 0 unspecified atom stereocenters. The molecule has 1 heterocycles. The highest BCUT2D eigenvalue weighted by atomic mass is 16.4. The second kappa shape index (κ2) is 3.84. The molecule has 102 valence electrons. The minimum Gasteiger partial charge on any atom is -0.475 e. The summed E-state index contributed by atoms with van der Waals surface area (Å²) in [6, 6.07) is 0. The summed E-state index contributed by atoms with van der Waals surface area (Å²) >= 11 is 0. The molecule has 0 radical (unpaired) electrons. The van der Waals surface area contributed by atoms with Crippen LogP contribution in [0.2, 0.25) is 0 Å². The van der Waals surface area contributed by atoms with Crippen LogP contribution in [0.4, 0.5) is 0 Å². The molecule has 4 fully saturated rings. The Bertz CT molecular complexity index is 484. The van der Waals surface area contributed by atoms with Crippen molar-refractivity contribution in [1.29, 1.82) is 0 Å². The average Bonchev–Trinajstić information content (AvgIpc) is 2.74. The number of hydrogen-bond acceptors (Lipinski definition) is 3. The van der Waals surface area contributed by atoms with Gasteiger partial charge in [-0.25, -0.2) is 9.78 Å². The van der Waals surface area contributed by atoms with E-state index in [1.807, 2.05) is 0 Å². The van der Waals surface area contributed by atoms with Crippen molar-refractivity contribution in [3.8, 4) is 0 Å². The molecule has 4 heteroatoms. The first-order valence-electron chi connectivity index (χ1n) is 7.30. The first kappa shape index (κ1) is 11.5. The van der Waals surface area contributed by atoms with E-state index in [9.17, 15) is 4.79 Å². The van der Waals surface area contributed by atoms with E-state index < -0.39 is 5.97 Å². The highest BCUT2D eigenvalue weighted by Crippen LogP contribution is 2.60. The Labute approximate surface area is 112 Å². The summed E-state index contributed by atoms with van der Waals surface area (Å²) in [4.78, 5) is 15.0. The van der Waals surface area contributed by atoms with E-state index in [1.54, 1.807) is 0 Å². The molecule has 1 aromatic heterocycles. The first-order chi connectivity index (χ1) is 9.12. The number of carboxylic acid groups (broad SMARTS) is 1. The van der Waals surface area contributed by atoms with Crippen LogP contribution in [0, 0.1) is 23.2 Å². The molecule has 0 aromatic carbocycles. The number of rotatable bonds is 3. The van der Waals surface area contributed by atoms with Gasteiger partial charge in [-0.1, -0.05) is 0 Å². The molecule has 0 atom stereocenters. The topological polar surface area (TPSA) is 63.3 Å². The summed E-state index contributed by atoms with van der Waals surface area (Å²) in [5.74, 6) is 2.28. The Morgan fingerprint density at radius 2 is 1.84 bits per heavy atom. The molecule has 1 N–H and O–H groups in total. The van der Waals surface area contributed by atoms with E-state index in [4.69, 9.17) is 9.52 Å². The summed E-state index contributed by atoms with van der Waals surface area (Å²) in [7, 11) is 0. The molecule has 0 aliphatic heterocycles. The fraction of sp³-hybridized carbons (Fsp3) is 0.733. The number of aromatic nitrogens is 1. The monoisotopic (exact) mass is 261 g/mol. The second-order valence-electron chi connectivity index (χ2n) is 7.02. The molecule has 4 aliphatic carbocycles. The van der Waals surface area contributed by atoms with E-state index in [0.29, 0.717) is 11.3 Å². The summed E-state index contributed by atoms with van der Waals surface area (Å²) in [6.45, 7) is 0. The van der Waals surface area contributed by atoms with Gasteiger partial charge in [0.1, 0.15) is 0 Å². The lowest BCUT2D eigenvalue weighted by Crippen LogP contribution is -2.47. The van der Waals surface area contributed by atoms with Crippen LogP contribution in [-0.2, 0) is 6.42 Å². The third-order valence-corrected chi connectivity index (χ3v) is 5.46. The van der Waals surface area contributed by atoms with E-state index in [-0.39, 0.29) is 5.76 Å². The van der Waals surface area contributed by atoms with Gasteiger partial charge in [0, 0.05) is 6.42 Å². The Morgan fingerprint density at radius 1 is 1.26 bits per heavy atom. The van der Waals surface area contributed by atoms with Gasteiger partial charge in [0.05, 0.1) is 6.20 Å². The maximum Gasteiger partial charge on any atom is 0.373 e. The summed E-state index contributed by atoms with van der Waals surface area (Å²) in [5, 5.41) is 8.89. The fourth-order valence-electron chi connectivity index (χ4n) is 5.32. The van der Waals surface area contributed by atoms with Crippen LogP contribution < -0.4 is 0 Å². The molecule has 5 rings (SSSR count). The predicted molar refractivity (Wildman–Crippen MR) is 67.8 cm³/mol. The molecule has 19 heavy (non-hydrogen) atoms. The van der Waals surface area contributed by atoms with Crippen LogP contribution in [0.1, 0.15) is 55.0 Å². The van der Waals surface area contributed by atoms with Crippen molar-refractivity contribution < 1.29 is 14.3 Å². The molecule has 1 aromatic rings. The Morgan fingerprint density at radius 3 is 2.32 bits per heavy atom. The summed E-state index contributed by atoms with van der Waals surface area (Å²) in [5.41, 5.74) is 0.357. The van der Waals surface area contributed by atoms with Crippen LogP contribution in [0.25, 0.3) is 0 Å². The highest BCUT2D eigenvalue weighted by molar-refractivity contribution is 5.83. The van der Waals surface area contributed by atoms with Gasteiger partial charge in [-0.3, -0.25) is 0 Å². The lowest BCUT2D eigenvalue weighted by molar-refractivity contribution is -0.0552. The molecule has 4 bridgehead atoms. The van der Waals surface area contributed by atoms with Gasteiger partial charge in [0.15, 0.2) is 5.89 Å².